The molecule has 0 fully saturated rings. The number of hydrogen-bond acceptors (Lipinski definition) is 2. The summed E-state index contributed by atoms with van der Waals surface area (Å²) in [7, 11) is 0. The first-order valence-electron chi connectivity index (χ1n) is 6.47. The average Bonchev–Trinajstić information content (AvgIpc) is 2.80. The molecule has 0 atom stereocenters. The number of hydrogen-bond donors (Lipinski definition) is 2. The van der Waals surface area contributed by atoms with Gasteiger partial charge in [0.2, 0.25) is 5.95 Å². The predicted molar refractivity (Wildman–Crippen MR) is 79.3 cm³/mol. The Kier molecular flexibility index (Phi) is 2.95. The summed E-state index contributed by atoms with van der Waals surface area (Å²) in [5, 5.41) is 3.34. The summed E-state index contributed by atoms with van der Waals surface area (Å²) >= 11 is 0. The van der Waals surface area contributed by atoms with E-state index in [4.69, 9.17) is 0 Å². The van der Waals surface area contributed by atoms with Crippen molar-refractivity contribution in [3.8, 4) is 0 Å². The molecule has 1 heterocycles. The fraction of sp³-hybridized carbons (Fsp3) is 0.188. The number of benzene rings is 2. The van der Waals surface area contributed by atoms with Crippen molar-refractivity contribution >= 4 is 17.0 Å². The molecule has 0 saturated heterocycles. The Bertz CT molecular complexity index is 680. The number of aryl methyl sites for hydroxylation is 2. The van der Waals surface area contributed by atoms with Crippen molar-refractivity contribution in [2.75, 3.05) is 5.32 Å². The Balaban J connectivity index is 1.78. The van der Waals surface area contributed by atoms with Crippen LogP contribution in [0.4, 0.5) is 5.95 Å². The minimum absolute atomic E-state index is 0.784. The van der Waals surface area contributed by atoms with Crippen LogP contribution in [0.5, 0.6) is 0 Å². The molecule has 0 amide bonds. The Morgan fingerprint density at radius 2 is 1.95 bits per heavy atom. The van der Waals surface area contributed by atoms with Crippen molar-refractivity contribution < 1.29 is 0 Å². The summed E-state index contributed by atoms with van der Waals surface area (Å²) in [5.41, 5.74) is 5.95. The van der Waals surface area contributed by atoms with E-state index in [0.29, 0.717) is 0 Å². The third-order valence-electron chi connectivity index (χ3n) is 3.33. The number of aromatic nitrogens is 2. The predicted octanol–water partition coefficient (Wildman–Crippen LogP) is 3.79. The van der Waals surface area contributed by atoms with Crippen LogP contribution in [0.1, 0.15) is 16.7 Å². The number of rotatable bonds is 3. The second-order valence-electron chi connectivity index (χ2n) is 4.89. The Morgan fingerprint density at radius 1 is 1.11 bits per heavy atom. The zero-order chi connectivity index (χ0) is 13.2. The third kappa shape index (κ3) is 2.45. The van der Waals surface area contributed by atoms with Gasteiger partial charge >= 0.3 is 0 Å². The molecular weight excluding hydrogens is 234 g/mol. The number of fused-ring (bicyclic) bond motifs is 1. The summed E-state index contributed by atoms with van der Waals surface area (Å²) < 4.78 is 0. The van der Waals surface area contributed by atoms with Gasteiger partial charge in [-0.05, 0) is 37.1 Å². The van der Waals surface area contributed by atoms with Gasteiger partial charge in [0.05, 0.1) is 11.0 Å². The SMILES string of the molecule is Cc1ccc(CNc2nc3ccccc3[nH]2)c(C)c1. The Labute approximate surface area is 112 Å². The van der Waals surface area contributed by atoms with Gasteiger partial charge in [0, 0.05) is 6.54 Å². The number of imidazole rings is 1. The molecule has 3 rings (SSSR count). The molecule has 0 aliphatic heterocycles. The van der Waals surface area contributed by atoms with Gasteiger partial charge in [0.15, 0.2) is 0 Å². The number of aromatic amines is 1. The lowest BCUT2D eigenvalue weighted by atomic mass is 10.1. The highest BCUT2D eigenvalue weighted by Gasteiger charge is 2.02. The third-order valence-corrected chi connectivity index (χ3v) is 3.33. The highest BCUT2D eigenvalue weighted by Crippen LogP contribution is 2.15. The number of nitrogens with zero attached hydrogens (tertiary/aromatic N) is 1. The van der Waals surface area contributed by atoms with E-state index in [0.717, 1.165) is 23.5 Å². The van der Waals surface area contributed by atoms with Crippen molar-refractivity contribution in [1.82, 2.24) is 9.97 Å². The minimum atomic E-state index is 0.784. The van der Waals surface area contributed by atoms with Gasteiger partial charge in [0.25, 0.3) is 0 Å². The summed E-state index contributed by atoms with van der Waals surface area (Å²) in [4.78, 5) is 7.78. The average molecular weight is 251 g/mol. The van der Waals surface area contributed by atoms with E-state index < -0.39 is 0 Å². The van der Waals surface area contributed by atoms with Gasteiger partial charge in [-0.15, -0.1) is 0 Å². The first kappa shape index (κ1) is 11.8. The maximum Gasteiger partial charge on any atom is 0.201 e. The number of nitrogens with one attached hydrogen (secondary N) is 2. The molecule has 0 bridgehead atoms. The molecule has 3 nitrogen and oxygen atoms in total. The van der Waals surface area contributed by atoms with Crippen LogP contribution >= 0.6 is 0 Å². The Hall–Kier alpha value is -2.29. The number of anilines is 1. The second-order valence-corrected chi connectivity index (χ2v) is 4.89. The zero-order valence-corrected chi connectivity index (χ0v) is 11.2. The molecule has 0 aliphatic rings. The quantitative estimate of drug-likeness (QED) is 0.743. The maximum absolute atomic E-state index is 4.51. The lowest BCUT2D eigenvalue weighted by molar-refractivity contribution is 1.07. The van der Waals surface area contributed by atoms with Crippen LogP contribution in [0.25, 0.3) is 11.0 Å². The van der Waals surface area contributed by atoms with Crippen LogP contribution in [0, 0.1) is 13.8 Å². The molecular formula is C16H17N3. The van der Waals surface area contributed by atoms with Crippen molar-refractivity contribution in [2.24, 2.45) is 0 Å². The molecule has 96 valence electrons. The molecule has 0 unspecified atom stereocenters. The standard InChI is InChI=1S/C16H17N3/c1-11-7-8-13(12(2)9-11)10-17-16-18-14-5-3-4-6-15(14)19-16/h3-9H,10H2,1-2H3,(H2,17,18,19). The van der Waals surface area contributed by atoms with Crippen molar-refractivity contribution in [1.29, 1.82) is 0 Å². The van der Waals surface area contributed by atoms with Crippen LogP contribution in [0.15, 0.2) is 42.5 Å². The molecule has 2 N–H and O–H groups in total. The summed E-state index contributed by atoms with van der Waals surface area (Å²) in [5.74, 6) is 0.821. The van der Waals surface area contributed by atoms with Crippen LogP contribution < -0.4 is 5.32 Å². The summed E-state index contributed by atoms with van der Waals surface area (Å²) in [6.07, 6.45) is 0. The fourth-order valence-electron chi connectivity index (χ4n) is 2.26. The van der Waals surface area contributed by atoms with Gasteiger partial charge in [0.1, 0.15) is 0 Å². The van der Waals surface area contributed by atoms with Crippen LogP contribution in [-0.2, 0) is 6.54 Å². The molecule has 0 aliphatic carbocycles. The largest absolute Gasteiger partial charge is 0.352 e. The van der Waals surface area contributed by atoms with Gasteiger partial charge in [-0.3, -0.25) is 0 Å². The second kappa shape index (κ2) is 4.76. The lowest BCUT2D eigenvalue weighted by Gasteiger charge is -2.07. The molecule has 1 aromatic heterocycles. The van der Waals surface area contributed by atoms with Gasteiger partial charge in [-0.2, -0.15) is 0 Å². The molecule has 0 spiro atoms. The Morgan fingerprint density at radius 3 is 2.74 bits per heavy atom. The van der Waals surface area contributed by atoms with Gasteiger partial charge in [-0.1, -0.05) is 35.9 Å². The van der Waals surface area contributed by atoms with Gasteiger partial charge in [-0.25, -0.2) is 4.98 Å². The molecule has 2 aromatic carbocycles. The fourth-order valence-corrected chi connectivity index (χ4v) is 2.26. The first-order chi connectivity index (χ1) is 9.22. The smallest absolute Gasteiger partial charge is 0.201 e. The van der Waals surface area contributed by atoms with E-state index in [-0.39, 0.29) is 0 Å². The minimum Gasteiger partial charge on any atom is -0.352 e. The van der Waals surface area contributed by atoms with E-state index >= 15 is 0 Å². The van der Waals surface area contributed by atoms with Gasteiger partial charge < -0.3 is 10.3 Å². The van der Waals surface area contributed by atoms with E-state index in [1.807, 2.05) is 24.3 Å². The molecule has 3 heteroatoms. The summed E-state index contributed by atoms with van der Waals surface area (Å²) in [6, 6.07) is 14.6. The number of H-pyrrole nitrogens is 1. The van der Waals surface area contributed by atoms with E-state index in [9.17, 15) is 0 Å². The van der Waals surface area contributed by atoms with Crippen LogP contribution in [0.2, 0.25) is 0 Å². The zero-order valence-electron chi connectivity index (χ0n) is 11.2. The highest BCUT2D eigenvalue weighted by molar-refractivity contribution is 5.77. The molecule has 19 heavy (non-hydrogen) atoms. The van der Waals surface area contributed by atoms with Crippen molar-refractivity contribution in [3.05, 3.63) is 59.2 Å². The molecule has 0 radical (unpaired) electrons. The van der Waals surface area contributed by atoms with Crippen molar-refractivity contribution in [3.63, 3.8) is 0 Å². The topological polar surface area (TPSA) is 40.7 Å². The van der Waals surface area contributed by atoms with E-state index in [1.54, 1.807) is 0 Å². The first-order valence-corrected chi connectivity index (χ1v) is 6.47. The van der Waals surface area contributed by atoms with E-state index in [1.165, 1.54) is 16.7 Å². The monoisotopic (exact) mass is 251 g/mol. The molecule has 0 saturated carbocycles. The van der Waals surface area contributed by atoms with Crippen LogP contribution in [0.3, 0.4) is 0 Å². The lowest BCUT2D eigenvalue weighted by Crippen LogP contribution is -2.02. The molecule has 3 aromatic rings. The van der Waals surface area contributed by atoms with E-state index in [2.05, 4.69) is 47.3 Å². The normalized spacial score (nSPS) is 10.8. The highest BCUT2D eigenvalue weighted by atomic mass is 15.1. The number of para-hydroxylation sites is 2. The van der Waals surface area contributed by atoms with Crippen molar-refractivity contribution in [2.45, 2.75) is 20.4 Å². The maximum atomic E-state index is 4.51. The van der Waals surface area contributed by atoms with Crippen LogP contribution in [-0.4, -0.2) is 9.97 Å². The summed E-state index contributed by atoms with van der Waals surface area (Å²) in [6.45, 7) is 5.04.